The van der Waals surface area contributed by atoms with Gasteiger partial charge < -0.3 is 20.3 Å². The van der Waals surface area contributed by atoms with Crippen LogP contribution in [0.3, 0.4) is 0 Å². The van der Waals surface area contributed by atoms with E-state index in [4.69, 9.17) is 10.5 Å². The van der Waals surface area contributed by atoms with Crippen LogP contribution in [-0.2, 0) is 14.3 Å². The lowest BCUT2D eigenvalue weighted by Crippen LogP contribution is -2.53. The molecule has 2 aliphatic rings. The second-order valence-corrected chi connectivity index (χ2v) is 5.14. The fraction of sp³-hybridized carbons (Fsp3) is 0.846. The van der Waals surface area contributed by atoms with Gasteiger partial charge in [0.15, 0.2) is 0 Å². The Kier molecular flexibility index (Phi) is 4.76. The molecule has 2 fully saturated rings. The third kappa shape index (κ3) is 3.06. The van der Waals surface area contributed by atoms with Crippen LogP contribution in [-0.4, -0.2) is 66.5 Å². The Morgan fingerprint density at radius 2 is 2.00 bits per heavy atom. The SMILES string of the molecule is CCC(N)C(=O)N1CCCC1C(=O)N1CCOCC1. The van der Waals surface area contributed by atoms with Crippen molar-refractivity contribution in [3.63, 3.8) is 0 Å². The van der Waals surface area contributed by atoms with Gasteiger partial charge in [0, 0.05) is 19.6 Å². The average molecular weight is 269 g/mol. The Balaban J connectivity index is 2.01. The Bertz CT molecular complexity index is 342. The summed E-state index contributed by atoms with van der Waals surface area (Å²) in [6, 6.07) is -0.804. The van der Waals surface area contributed by atoms with Gasteiger partial charge >= 0.3 is 0 Å². The summed E-state index contributed by atoms with van der Waals surface area (Å²) in [6.07, 6.45) is 2.23. The number of morpholine rings is 1. The summed E-state index contributed by atoms with van der Waals surface area (Å²) in [6.45, 7) is 4.95. The molecule has 6 nitrogen and oxygen atoms in total. The zero-order chi connectivity index (χ0) is 13.8. The van der Waals surface area contributed by atoms with E-state index in [9.17, 15) is 9.59 Å². The predicted octanol–water partition coefficient (Wildman–Crippen LogP) is -0.426. The summed E-state index contributed by atoms with van der Waals surface area (Å²) in [7, 11) is 0. The van der Waals surface area contributed by atoms with Gasteiger partial charge in [-0.2, -0.15) is 0 Å². The largest absolute Gasteiger partial charge is 0.378 e. The average Bonchev–Trinajstić information content (AvgIpc) is 2.95. The van der Waals surface area contributed by atoms with Crippen LogP contribution in [0.5, 0.6) is 0 Å². The smallest absolute Gasteiger partial charge is 0.245 e. The summed E-state index contributed by atoms with van der Waals surface area (Å²) in [4.78, 5) is 28.1. The molecule has 0 spiro atoms. The zero-order valence-corrected chi connectivity index (χ0v) is 11.5. The van der Waals surface area contributed by atoms with Crippen LogP contribution in [0.1, 0.15) is 26.2 Å². The van der Waals surface area contributed by atoms with Gasteiger partial charge in [0.05, 0.1) is 19.3 Å². The molecule has 2 aliphatic heterocycles. The molecule has 0 aromatic rings. The van der Waals surface area contributed by atoms with E-state index in [-0.39, 0.29) is 17.9 Å². The molecule has 2 N–H and O–H groups in total. The normalized spacial score (nSPS) is 25.5. The molecule has 0 aromatic heterocycles. The Labute approximate surface area is 113 Å². The molecule has 2 saturated heterocycles. The van der Waals surface area contributed by atoms with Crippen molar-refractivity contribution in [3.05, 3.63) is 0 Å². The second kappa shape index (κ2) is 6.34. The highest BCUT2D eigenvalue weighted by Crippen LogP contribution is 2.21. The van der Waals surface area contributed by atoms with Crippen molar-refractivity contribution in [3.8, 4) is 0 Å². The highest BCUT2D eigenvalue weighted by molar-refractivity contribution is 5.90. The lowest BCUT2D eigenvalue weighted by molar-refractivity contribution is -0.147. The molecule has 2 unspecified atom stereocenters. The van der Waals surface area contributed by atoms with Gasteiger partial charge in [-0.05, 0) is 19.3 Å². The summed E-state index contributed by atoms with van der Waals surface area (Å²) < 4.78 is 5.25. The van der Waals surface area contributed by atoms with Crippen molar-refractivity contribution in [2.75, 3.05) is 32.8 Å². The number of likely N-dealkylation sites (tertiary alicyclic amines) is 1. The molecule has 19 heavy (non-hydrogen) atoms. The number of carbonyl (C=O) groups excluding carboxylic acids is 2. The summed E-state index contributed by atoms with van der Waals surface area (Å²) in [5.41, 5.74) is 5.80. The molecule has 2 rings (SSSR count). The number of ether oxygens (including phenoxy) is 1. The van der Waals surface area contributed by atoms with E-state index >= 15 is 0 Å². The van der Waals surface area contributed by atoms with Gasteiger partial charge in [0.25, 0.3) is 0 Å². The van der Waals surface area contributed by atoms with E-state index in [0.29, 0.717) is 39.3 Å². The minimum atomic E-state index is -0.488. The lowest BCUT2D eigenvalue weighted by Gasteiger charge is -2.33. The van der Waals surface area contributed by atoms with Crippen LogP contribution < -0.4 is 5.73 Å². The van der Waals surface area contributed by atoms with E-state index in [2.05, 4.69) is 0 Å². The third-order valence-corrected chi connectivity index (χ3v) is 3.90. The van der Waals surface area contributed by atoms with Gasteiger partial charge in [-0.15, -0.1) is 0 Å². The second-order valence-electron chi connectivity index (χ2n) is 5.14. The minimum Gasteiger partial charge on any atom is -0.378 e. The van der Waals surface area contributed by atoms with Crippen molar-refractivity contribution in [2.45, 2.75) is 38.3 Å². The summed E-state index contributed by atoms with van der Waals surface area (Å²) >= 11 is 0. The number of carbonyl (C=O) groups is 2. The number of hydrogen-bond acceptors (Lipinski definition) is 4. The van der Waals surface area contributed by atoms with Crippen LogP contribution in [0.15, 0.2) is 0 Å². The Hall–Kier alpha value is -1.14. The van der Waals surface area contributed by atoms with Crippen molar-refractivity contribution in [1.29, 1.82) is 0 Å². The lowest BCUT2D eigenvalue weighted by atomic mass is 10.1. The quantitative estimate of drug-likeness (QED) is 0.754. The van der Waals surface area contributed by atoms with E-state index in [0.717, 1.165) is 12.8 Å². The van der Waals surface area contributed by atoms with Crippen LogP contribution in [0.2, 0.25) is 0 Å². The molecule has 2 heterocycles. The minimum absolute atomic E-state index is 0.0532. The molecule has 0 bridgehead atoms. The maximum absolute atomic E-state index is 12.5. The van der Waals surface area contributed by atoms with Crippen molar-refractivity contribution in [1.82, 2.24) is 9.80 Å². The number of amides is 2. The Morgan fingerprint density at radius 3 is 2.63 bits per heavy atom. The third-order valence-electron chi connectivity index (χ3n) is 3.90. The monoisotopic (exact) mass is 269 g/mol. The summed E-state index contributed by atoms with van der Waals surface area (Å²) in [5.74, 6) is -0.0379. The molecule has 0 radical (unpaired) electrons. The zero-order valence-electron chi connectivity index (χ0n) is 11.5. The first-order chi connectivity index (χ1) is 9.15. The van der Waals surface area contributed by atoms with Crippen LogP contribution in [0.25, 0.3) is 0 Å². The van der Waals surface area contributed by atoms with Gasteiger partial charge in [-0.3, -0.25) is 9.59 Å². The van der Waals surface area contributed by atoms with Crippen LogP contribution in [0.4, 0.5) is 0 Å². The number of hydrogen-bond donors (Lipinski definition) is 1. The molecule has 0 saturated carbocycles. The number of rotatable bonds is 3. The first kappa shape index (κ1) is 14.3. The van der Waals surface area contributed by atoms with Gasteiger partial charge in [-0.1, -0.05) is 6.92 Å². The van der Waals surface area contributed by atoms with E-state index in [1.54, 1.807) is 9.80 Å². The molecule has 2 atom stereocenters. The van der Waals surface area contributed by atoms with Crippen molar-refractivity contribution in [2.24, 2.45) is 5.73 Å². The molecular weight excluding hydrogens is 246 g/mol. The fourth-order valence-electron chi connectivity index (χ4n) is 2.67. The molecular formula is C13H23N3O3. The van der Waals surface area contributed by atoms with Crippen molar-refractivity contribution < 1.29 is 14.3 Å². The maximum Gasteiger partial charge on any atom is 0.245 e. The number of nitrogens with two attached hydrogens (primary N) is 1. The maximum atomic E-state index is 12.5. The van der Waals surface area contributed by atoms with Gasteiger partial charge in [0.2, 0.25) is 11.8 Å². The Morgan fingerprint density at radius 1 is 1.32 bits per heavy atom. The fourth-order valence-corrected chi connectivity index (χ4v) is 2.67. The molecule has 0 aromatic carbocycles. The molecule has 2 amide bonds. The standard InChI is InChI=1S/C13H23N3O3/c1-2-10(14)12(17)16-5-3-4-11(16)13(18)15-6-8-19-9-7-15/h10-11H,2-9,14H2,1H3. The first-order valence-corrected chi connectivity index (χ1v) is 7.07. The number of nitrogens with zero attached hydrogens (tertiary/aromatic N) is 2. The molecule has 108 valence electrons. The highest BCUT2D eigenvalue weighted by atomic mass is 16.5. The highest BCUT2D eigenvalue weighted by Gasteiger charge is 2.38. The van der Waals surface area contributed by atoms with Crippen LogP contribution in [0, 0.1) is 0 Å². The summed E-state index contributed by atoms with van der Waals surface area (Å²) in [5, 5.41) is 0. The van der Waals surface area contributed by atoms with E-state index in [1.807, 2.05) is 6.92 Å². The molecule has 0 aliphatic carbocycles. The topological polar surface area (TPSA) is 75.9 Å². The van der Waals surface area contributed by atoms with Gasteiger partial charge in [-0.25, -0.2) is 0 Å². The first-order valence-electron chi connectivity index (χ1n) is 7.07. The van der Waals surface area contributed by atoms with E-state index < -0.39 is 6.04 Å². The van der Waals surface area contributed by atoms with Crippen LogP contribution >= 0.6 is 0 Å². The predicted molar refractivity (Wildman–Crippen MR) is 70.4 cm³/mol. The van der Waals surface area contributed by atoms with E-state index in [1.165, 1.54) is 0 Å². The van der Waals surface area contributed by atoms with Gasteiger partial charge in [0.1, 0.15) is 6.04 Å². The molecule has 6 heteroatoms. The van der Waals surface area contributed by atoms with Crippen molar-refractivity contribution >= 4 is 11.8 Å².